The summed E-state index contributed by atoms with van der Waals surface area (Å²) in [6.45, 7) is 3.95. The second-order valence-electron chi connectivity index (χ2n) is 5.59. The lowest BCUT2D eigenvalue weighted by Crippen LogP contribution is -2.33. The van der Waals surface area contributed by atoms with Crippen molar-refractivity contribution in [3.63, 3.8) is 0 Å². The van der Waals surface area contributed by atoms with E-state index in [2.05, 4.69) is 16.7 Å². The fourth-order valence-electron chi connectivity index (χ4n) is 2.63. The lowest BCUT2D eigenvalue weighted by molar-refractivity contribution is -0.107. The quantitative estimate of drug-likeness (QED) is 0.397. The molecule has 1 saturated heterocycles. The molecule has 1 aliphatic heterocycles. The molecule has 1 fully saturated rings. The van der Waals surface area contributed by atoms with E-state index in [1.165, 1.54) is 82.5 Å². The van der Waals surface area contributed by atoms with E-state index in [1.54, 1.807) is 0 Å². The zero-order valence-electron chi connectivity index (χ0n) is 12.4. The van der Waals surface area contributed by atoms with Gasteiger partial charge in [0.05, 0.1) is 0 Å². The number of thioether (sulfide) groups is 1. The number of hydrogen-bond acceptors (Lipinski definition) is 3. The number of nitrogens with zero attached hydrogens (tertiary/aromatic N) is 1. The first kappa shape index (κ1) is 17.0. The minimum Gasteiger partial charge on any atom is -0.303 e. The van der Waals surface area contributed by atoms with Crippen LogP contribution in [0.2, 0.25) is 0 Å². The number of aldehydes is 1. The average Bonchev–Trinajstić information content (AvgIpc) is 2.46. The standard InChI is InChI=1S/C16H31NOS/c18-14-10-8-6-4-2-1-3-5-7-9-11-17-12-15-19-16-13-17/h14H,1-13,15-16H2. The molecule has 1 heterocycles. The molecule has 0 amide bonds. The minimum atomic E-state index is 0.759. The summed E-state index contributed by atoms with van der Waals surface area (Å²) in [5, 5.41) is 0. The molecule has 0 aromatic carbocycles. The van der Waals surface area contributed by atoms with Gasteiger partial charge in [0.2, 0.25) is 0 Å². The van der Waals surface area contributed by atoms with E-state index in [0.717, 1.165) is 19.1 Å². The SMILES string of the molecule is O=CCCCCCCCCCCCN1CCSCC1. The zero-order valence-corrected chi connectivity index (χ0v) is 13.3. The third-order valence-electron chi connectivity index (χ3n) is 3.90. The minimum absolute atomic E-state index is 0.759. The van der Waals surface area contributed by atoms with Gasteiger partial charge in [-0.15, -0.1) is 0 Å². The van der Waals surface area contributed by atoms with Gasteiger partial charge in [0.25, 0.3) is 0 Å². The van der Waals surface area contributed by atoms with Crippen LogP contribution in [0.15, 0.2) is 0 Å². The first-order valence-corrected chi connectivity index (χ1v) is 9.32. The van der Waals surface area contributed by atoms with Crippen LogP contribution in [0.1, 0.15) is 64.2 Å². The van der Waals surface area contributed by atoms with Crippen molar-refractivity contribution < 1.29 is 4.79 Å². The molecule has 1 rings (SSSR count). The second-order valence-corrected chi connectivity index (χ2v) is 6.82. The number of hydrogen-bond donors (Lipinski definition) is 0. The van der Waals surface area contributed by atoms with Crippen molar-refractivity contribution in [1.29, 1.82) is 0 Å². The Hall–Kier alpha value is -0.0200. The Balaban J connectivity index is 1.72. The van der Waals surface area contributed by atoms with Gasteiger partial charge < -0.3 is 9.69 Å². The first-order chi connectivity index (χ1) is 9.43. The third-order valence-corrected chi connectivity index (χ3v) is 4.84. The Kier molecular flexibility index (Phi) is 11.6. The van der Waals surface area contributed by atoms with Crippen molar-refractivity contribution >= 4 is 18.0 Å². The maximum atomic E-state index is 10.2. The van der Waals surface area contributed by atoms with Crippen molar-refractivity contribution in [3.8, 4) is 0 Å². The van der Waals surface area contributed by atoms with Gasteiger partial charge in [-0.1, -0.05) is 44.9 Å². The molecular formula is C16H31NOS. The third kappa shape index (κ3) is 10.4. The molecule has 2 nitrogen and oxygen atoms in total. The maximum absolute atomic E-state index is 10.2. The van der Waals surface area contributed by atoms with Crippen LogP contribution in [0.5, 0.6) is 0 Å². The molecule has 0 aromatic heterocycles. The van der Waals surface area contributed by atoms with Crippen molar-refractivity contribution in [2.75, 3.05) is 31.1 Å². The topological polar surface area (TPSA) is 20.3 Å². The number of unbranched alkanes of at least 4 members (excludes halogenated alkanes) is 9. The van der Waals surface area contributed by atoms with Crippen LogP contribution in [0.3, 0.4) is 0 Å². The lowest BCUT2D eigenvalue weighted by Gasteiger charge is -2.25. The van der Waals surface area contributed by atoms with Crippen molar-refractivity contribution in [2.45, 2.75) is 64.2 Å². The number of carbonyl (C=O) groups is 1. The van der Waals surface area contributed by atoms with Gasteiger partial charge in [0.1, 0.15) is 6.29 Å². The summed E-state index contributed by atoms with van der Waals surface area (Å²) in [5.74, 6) is 2.67. The predicted molar refractivity (Wildman–Crippen MR) is 86.0 cm³/mol. The summed E-state index contributed by atoms with van der Waals surface area (Å²) in [6.07, 6.45) is 13.8. The highest BCUT2D eigenvalue weighted by Gasteiger charge is 2.08. The molecule has 0 unspecified atom stereocenters. The van der Waals surface area contributed by atoms with E-state index in [9.17, 15) is 4.79 Å². The normalized spacial score (nSPS) is 16.6. The molecule has 0 aliphatic carbocycles. The molecule has 0 saturated carbocycles. The highest BCUT2D eigenvalue weighted by atomic mass is 32.2. The fourth-order valence-corrected chi connectivity index (χ4v) is 3.60. The summed E-state index contributed by atoms with van der Waals surface area (Å²) in [5.41, 5.74) is 0. The van der Waals surface area contributed by atoms with Crippen molar-refractivity contribution in [3.05, 3.63) is 0 Å². The van der Waals surface area contributed by atoms with E-state index < -0.39 is 0 Å². The van der Waals surface area contributed by atoms with Gasteiger partial charge >= 0.3 is 0 Å². The van der Waals surface area contributed by atoms with E-state index >= 15 is 0 Å². The Morgan fingerprint density at radius 2 is 1.32 bits per heavy atom. The smallest absolute Gasteiger partial charge is 0.119 e. The van der Waals surface area contributed by atoms with Crippen LogP contribution in [0, 0.1) is 0 Å². The molecule has 0 atom stereocenters. The van der Waals surface area contributed by atoms with Crippen molar-refractivity contribution in [1.82, 2.24) is 4.90 Å². The van der Waals surface area contributed by atoms with E-state index in [1.807, 2.05) is 0 Å². The first-order valence-electron chi connectivity index (χ1n) is 8.17. The maximum Gasteiger partial charge on any atom is 0.119 e. The van der Waals surface area contributed by atoms with Gasteiger partial charge in [0, 0.05) is 31.0 Å². The Bertz CT molecular complexity index is 205. The van der Waals surface area contributed by atoms with E-state index in [0.29, 0.717) is 0 Å². The highest BCUT2D eigenvalue weighted by molar-refractivity contribution is 7.99. The predicted octanol–water partition coefficient (Wildman–Crippen LogP) is 4.14. The Morgan fingerprint density at radius 1 is 0.789 bits per heavy atom. The molecule has 112 valence electrons. The summed E-state index contributed by atoms with van der Waals surface area (Å²) >= 11 is 2.10. The van der Waals surface area contributed by atoms with Gasteiger partial charge in [-0.3, -0.25) is 0 Å². The van der Waals surface area contributed by atoms with Crippen LogP contribution in [-0.4, -0.2) is 42.3 Å². The molecule has 3 heteroatoms. The van der Waals surface area contributed by atoms with Crippen LogP contribution in [0.4, 0.5) is 0 Å². The van der Waals surface area contributed by atoms with E-state index in [-0.39, 0.29) is 0 Å². The van der Waals surface area contributed by atoms with Crippen LogP contribution in [-0.2, 0) is 4.79 Å². The summed E-state index contributed by atoms with van der Waals surface area (Å²) in [4.78, 5) is 12.8. The number of rotatable bonds is 12. The second kappa shape index (κ2) is 13.0. The summed E-state index contributed by atoms with van der Waals surface area (Å²) in [6, 6.07) is 0. The molecule has 0 N–H and O–H groups in total. The molecule has 0 spiro atoms. The van der Waals surface area contributed by atoms with Crippen LogP contribution in [0.25, 0.3) is 0 Å². The summed E-state index contributed by atoms with van der Waals surface area (Å²) in [7, 11) is 0. The van der Waals surface area contributed by atoms with Crippen LogP contribution < -0.4 is 0 Å². The van der Waals surface area contributed by atoms with E-state index in [4.69, 9.17) is 0 Å². The fraction of sp³-hybridized carbons (Fsp3) is 0.938. The molecule has 0 bridgehead atoms. The molecular weight excluding hydrogens is 254 g/mol. The van der Waals surface area contributed by atoms with Gasteiger partial charge in [-0.2, -0.15) is 11.8 Å². The summed E-state index contributed by atoms with van der Waals surface area (Å²) < 4.78 is 0. The molecule has 1 aliphatic rings. The zero-order chi connectivity index (χ0) is 13.6. The van der Waals surface area contributed by atoms with Gasteiger partial charge in [0.15, 0.2) is 0 Å². The Morgan fingerprint density at radius 3 is 1.89 bits per heavy atom. The van der Waals surface area contributed by atoms with Crippen molar-refractivity contribution in [2.24, 2.45) is 0 Å². The lowest BCUT2D eigenvalue weighted by atomic mass is 10.1. The van der Waals surface area contributed by atoms with Gasteiger partial charge in [-0.25, -0.2) is 0 Å². The largest absolute Gasteiger partial charge is 0.303 e. The molecule has 19 heavy (non-hydrogen) atoms. The number of carbonyl (C=O) groups excluding carboxylic acids is 1. The average molecular weight is 285 g/mol. The highest BCUT2D eigenvalue weighted by Crippen LogP contribution is 2.12. The van der Waals surface area contributed by atoms with Crippen LogP contribution >= 0.6 is 11.8 Å². The molecule has 0 radical (unpaired) electrons. The molecule has 0 aromatic rings. The van der Waals surface area contributed by atoms with Gasteiger partial charge in [-0.05, 0) is 19.4 Å². The Labute approximate surface area is 123 Å². The monoisotopic (exact) mass is 285 g/mol.